The molecule has 0 fully saturated rings. The number of hydrogen-bond acceptors (Lipinski definition) is 1. The lowest BCUT2D eigenvalue weighted by Crippen LogP contribution is -1.78. The van der Waals surface area contributed by atoms with E-state index in [4.69, 9.17) is 0 Å². The van der Waals surface area contributed by atoms with Gasteiger partial charge in [0.15, 0.2) is 0 Å². The first-order chi connectivity index (χ1) is 2.41. The van der Waals surface area contributed by atoms with Crippen molar-refractivity contribution in [3.8, 4) is 0 Å². The van der Waals surface area contributed by atoms with Crippen LogP contribution in [-0.2, 0) is 4.52 Å². The lowest BCUT2D eigenvalue weighted by atomic mass is 10.9. The topological polar surface area (TPSA) is 9.23 Å². The van der Waals surface area contributed by atoms with E-state index in [1.54, 1.807) is 0 Å². The van der Waals surface area contributed by atoms with E-state index in [0.717, 1.165) is 11.0 Å². The van der Waals surface area contributed by atoms with Crippen LogP contribution in [0.1, 0.15) is 0 Å². The Bertz CT molecular complexity index is 17.1. The van der Waals surface area contributed by atoms with Gasteiger partial charge in [0.1, 0.15) is 0 Å². The molecule has 0 saturated heterocycles. The van der Waals surface area contributed by atoms with Crippen LogP contribution in [0.25, 0.3) is 0 Å². The van der Waals surface area contributed by atoms with Crippen molar-refractivity contribution in [2.75, 3.05) is 11.0 Å². The van der Waals surface area contributed by atoms with E-state index in [0.29, 0.717) is 0 Å². The highest BCUT2D eigenvalue weighted by atomic mass is 127. The zero-order chi connectivity index (χ0) is 4.12. The molecule has 0 N–H and O–H groups in total. The van der Waals surface area contributed by atoms with Gasteiger partial charge in [-0.1, -0.05) is 22.6 Å². The van der Waals surface area contributed by atoms with Gasteiger partial charge in [-0.25, -0.2) is 0 Å². The standard InChI is InChI=1S/C2H6IOP/c3-1-2-4-5/h1-2,5H2. The molecule has 0 spiro atoms. The molecule has 0 amide bonds. The highest BCUT2D eigenvalue weighted by Crippen LogP contribution is 1.86. The van der Waals surface area contributed by atoms with Gasteiger partial charge in [0.25, 0.3) is 0 Å². The second kappa shape index (κ2) is 5.12. The van der Waals surface area contributed by atoms with E-state index >= 15 is 0 Å². The summed E-state index contributed by atoms with van der Waals surface area (Å²) in [6.07, 6.45) is 0. The Kier molecular flexibility index (Phi) is 6.27. The third-order valence-electron chi connectivity index (χ3n) is 0.195. The Morgan fingerprint density at radius 1 is 1.80 bits per heavy atom. The summed E-state index contributed by atoms with van der Waals surface area (Å²) >= 11 is 2.25. The maximum Gasteiger partial charge on any atom is 0.0591 e. The maximum absolute atomic E-state index is 4.60. The summed E-state index contributed by atoms with van der Waals surface area (Å²) in [7, 11) is 2.19. The SMILES string of the molecule is POCCI. The van der Waals surface area contributed by atoms with E-state index in [9.17, 15) is 0 Å². The molecule has 0 aliphatic heterocycles. The predicted octanol–water partition coefficient (Wildman–Crippen LogP) is 1.23. The second-order valence-electron chi connectivity index (χ2n) is 0.560. The predicted molar refractivity (Wildman–Crippen MR) is 34.5 cm³/mol. The largest absolute Gasteiger partial charge is 0.365 e. The molecule has 0 heterocycles. The molecule has 0 aromatic rings. The van der Waals surface area contributed by atoms with Crippen LogP contribution in [0.3, 0.4) is 0 Å². The van der Waals surface area contributed by atoms with Crippen LogP contribution < -0.4 is 0 Å². The summed E-state index contributed by atoms with van der Waals surface area (Å²) in [6, 6.07) is 0. The quantitative estimate of drug-likeness (QED) is 0.373. The van der Waals surface area contributed by atoms with Gasteiger partial charge in [-0.3, -0.25) is 0 Å². The van der Waals surface area contributed by atoms with Gasteiger partial charge in [0, 0.05) is 13.9 Å². The third-order valence-corrected chi connectivity index (χ3v) is 0.871. The molecule has 0 aliphatic rings. The molecule has 1 unspecified atom stereocenters. The van der Waals surface area contributed by atoms with Crippen molar-refractivity contribution in [3.63, 3.8) is 0 Å². The monoisotopic (exact) mass is 204 g/mol. The fourth-order valence-corrected chi connectivity index (χ4v) is 0.896. The van der Waals surface area contributed by atoms with Gasteiger partial charge in [0.2, 0.25) is 0 Å². The Labute approximate surface area is 47.9 Å². The fraction of sp³-hybridized carbons (Fsp3) is 1.00. The number of alkyl halides is 1. The molecule has 1 nitrogen and oxygen atoms in total. The molecule has 0 aromatic carbocycles. The smallest absolute Gasteiger partial charge is 0.0591 e. The highest BCUT2D eigenvalue weighted by molar-refractivity contribution is 14.1. The van der Waals surface area contributed by atoms with Crippen molar-refractivity contribution in [2.45, 2.75) is 0 Å². The third kappa shape index (κ3) is 5.12. The normalized spacial score (nSPS) is 8.40. The average molecular weight is 204 g/mol. The maximum atomic E-state index is 4.60. The first-order valence-electron chi connectivity index (χ1n) is 1.29. The van der Waals surface area contributed by atoms with Crippen LogP contribution in [-0.4, -0.2) is 11.0 Å². The van der Waals surface area contributed by atoms with Gasteiger partial charge >= 0.3 is 0 Å². The van der Waals surface area contributed by atoms with Crippen LogP contribution in [0.15, 0.2) is 0 Å². The van der Waals surface area contributed by atoms with Crippen LogP contribution >= 0.6 is 32.1 Å². The summed E-state index contributed by atoms with van der Waals surface area (Å²) in [6.45, 7) is 0.839. The minimum Gasteiger partial charge on any atom is -0.365 e. The minimum absolute atomic E-state index is 0.839. The molecule has 3 heteroatoms. The van der Waals surface area contributed by atoms with Gasteiger partial charge in [0.05, 0.1) is 6.61 Å². The van der Waals surface area contributed by atoms with Crippen LogP contribution in [0.5, 0.6) is 0 Å². The Morgan fingerprint density at radius 2 is 2.40 bits per heavy atom. The molecule has 0 rings (SSSR count). The molecule has 5 heavy (non-hydrogen) atoms. The molecule has 32 valence electrons. The molecule has 1 atom stereocenters. The molecular weight excluding hydrogens is 198 g/mol. The minimum atomic E-state index is 0.839. The van der Waals surface area contributed by atoms with Gasteiger partial charge < -0.3 is 4.52 Å². The Hall–Kier alpha value is 1.12. The zero-order valence-electron chi connectivity index (χ0n) is 2.78. The van der Waals surface area contributed by atoms with E-state index < -0.39 is 0 Å². The van der Waals surface area contributed by atoms with E-state index in [-0.39, 0.29) is 0 Å². The summed E-state index contributed by atoms with van der Waals surface area (Å²) in [4.78, 5) is 0. The number of hydrogen-bond donors (Lipinski definition) is 0. The number of halogens is 1. The van der Waals surface area contributed by atoms with Crippen LogP contribution in [0, 0.1) is 0 Å². The van der Waals surface area contributed by atoms with Crippen LogP contribution in [0.2, 0.25) is 0 Å². The second-order valence-corrected chi connectivity index (χ2v) is 1.97. The fourth-order valence-electron chi connectivity index (χ4n) is 0.0445. The van der Waals surface area contributed by atoms with E-state index in [1.165, 1.54) is 0 Å². The first-order valence-corrected chi connectivity index (χ1v) is 3.29. The molecule has 0 aliphatic carbocycles. The molecule has 0 bridgehead atoms. The summed E-state index contributed by atoms with van der Waals surface area (Å²) in [5.41, 5.74) is 0. The number of rotatable bonds is 2. The molecule has 0 saturated carbocycles. The van der Waals surface area contributed by atoms with E-state index in [2.05, 4.69) is 36.6 Å². The van der Waals surface area contributed by atoms with Crippen molar-refractivity contribution < 1.29 is 4.52 Å². The lowest BCUT2D eigenvalue weighted by Gasteiger charge is -1.82. The highest BCUT2D eigenvalue weighted by Gasteiger charge is 1.68. The molecule has 0 radical (unpaired) electrons. The van der Waals surface area contributed by atoms with Crippen molar-refractivity contribution in [3.05, 3.63) is 0 Å². The van der Waals surface area contributed by atoms with Crippen molar-refractivity contribution in [2.24, 2.45) is 0 Å². The summed E-state index contributed by atoms with van der Waals surface area (Å²) in [5, 5.41) is 0. The Morgan fingerprint density at radius 3 is 2.40 bits per heavy atom. The first kappa shape index (κ1) is 6.12. The summed E-state index contributed by atoms with van der Waals surface area (Å²) in [5.74, 6) is 0. The van der Waals surface area contributed by atoms with Gasteiger partial charge in [-0.15, -0.1) is 0 Å². The van der Waals surface area contributed by atoms with Gasteiger partial charge in [-0.05, 0) is 0 Å². The van der Waals surface area contributed by atoms with E-state index in [1.807, 2.05) is 0 Å². The lowest BCUT2D eigenvalue weighted by molar-refractivity contribution is 0.407. The van der Waals surface area contributed by atoms with Crippen molar-refractivity contribution in [1.82, 2.24) is 0 Å². The van der Waals surface area contributed by atoms with Crippen molar-refractivity contribution in [1.29, 1.82) is 0 Å². The van der Waals surface area contributed by atoms with Gasteiger partial charge in [-0.2, -0.15) is 0 Å². The Balaban J connectivity index is 2.19. The average Bonchev–Trinajstić information content (AvgIpc) is 1.41. The molecule has 0 aromatic heterocycles. The summed E-state index contributed by atoms with van der Waals surface area (Å²) < 4.78 is 5.67. The van der Waals surface area contributed by atoms with Crippen LogP contribution in [0.4, 0.5) is 0 Å². The van der Waals surface area contributed by atoms with Crippen molar-refractivity contribution >= 4 is 32.1 Å². The molecular formula is C2H6IOP. The zero-order valence-corrected chi connectivity index (χ0v) is 6.09.